The van der Waals surface area contributed by atoms with E-state index in [0.717, 1.165) is 4.90 Å². The quantitative estimate of drug-likeness (QED) is 0.725. The van der Waals surface area contributed by atoms with Crippen molar-refractivity contribution in [2.75, 3.05) is 32.4 Å². The summed E-state index contributed by atoms with van der Waals surface area (Å²) in [5.74, 6) is -0.242. The van der Waals surface area contributed by atoms with E-state index in [0.29, 0.717) is 13.1 Å². The number of hydrogen-bond donors (Lipinski definition) is 0. The number of carbonyl (C=O) groups excluding carboxylic acids is 2. The van der Waals surface area contributed by atoms with Gasteiger partial charge >= 0.3 is 0 Å². The zero-order valence-corrected chi connectivity index (χ0v) is 13.5. The minimum absolute atomic E-state index is 0.0531. The normalized spacial score (nSPS) is 10.3. The highest BCUT2D eigenvalue weighted by Crippen LogP contribution is 2.18. The van der Waals surface area contributed by atoms with E-state index < -0.39 is 0 Å². The Morgan fingerprint density at radius 1 is 1.10 bits per heavy atom. The van der Waals surface area contributed by atoms with E-state index in [1.54, 1.807) is 24.1 Å². The van der Waals surface area contributed by atoms with Crippen LogP contribution in [0.15, 0.2) is 29.2 Å². The Morgan fingerprint density at radius 3 is 2.19 bits per heavy atom. The Morgan fingerprint density at radius 2 is 1.67 bits per heavy atom. The molecule has 1 rings (SSSR count). The molecule has 6 heteroatoms. The molecule has 1 aromatic carbocycles. The van der Waals surface area contributed by atoms with E-state index in [2.05, 4.69) is 0 Å². The Labute approximate surface area is 129 Å². The van der Waals surface area contributed by atoms with Gasteiger partial charge in [-0.25, -0.2) is 4.39 Å². The molecule has 116 valence electrons. The van der Waals surface area contributed by atoms with Crippen molar-refractivity contribution in [1.82, 2.24) is 9.80 Å². The molecule has 0 unspecified atom stereocenters. The predicted octanol–water partition coefficient (Wildman–Crippen LogP) is 2.24. The summed E-state index contributed by atoms with van der Waals surface area (Å²) in [5, 5.41) is 0. The summed E-state index contributed by atoms with van der Waals surface area (Å²) in [6.07, 6.45) is 0. The van der Waals surface area contributed by atoms with Crippen LogP contribution in [0.5, 0.6) is 0 Å². The summed E-state index contributed by atoms with van der Waals surface area (Å²) in [7, 11) is 1.62. The van der Waals surface area contributed by atoms with Crippen LogP contribution in [0.1, 0.15) is 13.8 Å². The summed E-state index contributed by atoms with van der Waals surface area (Å²) in [5.41, 5.74) is 0. The molecule has 0 aliphatic heterocycles. The molecule has 0 fully saturated rings. The van der Waals surface area contributed by atoms with E-state index in [1.165, 1.54) is 28.8 Å². The first-order chi connectivity index (χ1) is 9.97. The average Bonchev–Trinajstić information content (AvgIpc) is 2.47. The summed E-state index contributed by atoms with van der Waals surface area (Å²) in [6, 6.07) is 5.99. The largest absolute Gasteiger partial charge is 0.342 e. The number of likely N-dealkylation sites (N-methyl/N-ethyl adjacent to an activating group) is 2. The molecule has 0 saturated heterocycles. The van der Waals surface area contributed by atoms with Crippen molar-refractivity contribution in [3.8, 4) is 0 Å². The van der Waals surface area contributed by atoms with Gasteiger partial charge in [0.25, 0.3) is 0 Å². The lowest BCUT2D eigenvalue weighted by Gasteiger charge is -2.23. The third-order valence-corrected chi connectivity index (χ3v) is 4.09. The highest BCUT2D eigenvalue weighted by molar-refractivity contribution is 8.00. The Hall–Kier alpha value is -1.56. The second-order valence-corrected chi connectivity index (χ2v) is 5.61. The van der Waals surface area contributed by atoms with Crippen LogP contribution in [0, 0.1) is 5.82 Å². The SMILES string of the molecule is CCN(CC)C(=O)CN(C)C(=O)CSc1ccc(F)cc1. The average molecular weight is 312 g/mol. The Bertz CT molecular complexity index is 475. The van der Waals surface area contributed by atoms with E-state index in [9.17, 15) is 14.0 Å². The van der Waals surface area contributed by atoms with E-state index in [1.807, 2.05) is 13.8 Å². The van der Waals surface area contributed by atoms with Gasteiger partial charge in [0, 0.05) is 25.0 Å². The van der Waals surface area contributed by atoms with Crippen LogP contribution in [0.2, 0.25) is 0 Å². The number of nitrogens with zero attached hydrogens (tertiary/aromatic N) is 2. The summed E-state index contributed by atoms with van der Waals surface area (Å²) in [6.45, 7) is 5.19. The van der Waals surface area contributed by atoms with Gasteiger partial charge < -0.3 is 9.80 Å². The first-order valence-corrected chi connectivity index (χ1v) is 7.86. The van der Waals surface area contributed by atoms with Crippen molar-refractivity contribution in [3.63, 3.8) is 0 Å². The molecule has 4 nitrogen and oxygen atoms in total. The van der Waals surface area contributed by atoms with Crippen LogP contribution in [-0.4, -0.2) is 54.0 Å². The predicted molar refractivity (Wildman–Crippen MR) is 82.7 cm³/mol. The lowest BCUT2D eigenvalue weighted by molar-refractivity contribution is -0.137. The Kier molecular flexibility index (Phi) is 7.22. The zero-order valence-electron chi connectivity index (χ0n) is 12.6. The maximum absolute atomic E-state index is 12.8. The molecule has 0 radical (unpaired) electrons. The number of hydrogen-bond acceptors (Lipinski definition) is 3. The first-order valence-electron chi connectivity index (χ1n) is 6.88. The molecule has 0 spiro atoms. The van der Waals surface area contributed by atoms with Gasteiger partial charge in [-0.2, -0.15) is 0 Å². The topological polar surface area (TPSA) is 40.6 Å². The third kappa shape index (κ3) is 5.75. The van der Waals surface area contributed by atoms with Crippen molar-refractivity contribution in [3.05, 3.63) is 30.1 Å². The number of thioether (sulfide) groups is 1. The van der Waals surface area contributed by atoms with Gasteiger partial charge in [0.1, 0.15) is 5.82 Å². The standard InChI is InChI=1S/C15H21FN2O2S/c1-4-18(5-2)14(19)10-17(3)15(20)11-21-13-8-6-12(16)7-9-13/h6-9H,4-5,10-11H2,1-3H3. The molecule has 0 aromatic heterocycles. The molecule has 0 N–H and O–H groups in total. The van der Waals surface area contributed by atoms with Gasteiger partial charge in [0.15, 0.2) is 0 Å². The second-order valence-electron chi connectivity index (χ2n) is 4.56. The molecule has 1 aromatic rings. The molecular weight excluding hydrogens is 291 g/mol. The fraction of sp³-hybridized carbons (Fsp3) is 0.467. The van der Waals surface area contributed by atoms with Crippen molar-refractivity contribution >= 4 is 23.6 Å². The minimum Gasteiger partial charge on any atom is -0.342 e. The molecule has 0 atom stereocenters. The number of rotatable bonds is 7. The van der Waals surface area contributed by atoms with Gasteiger partial charge in [-0.3, -0.25) is 9.59 Å². The van der Waals surface area contributed by atoms with Crippen LogP contribution < -0.4 is 0 Å². The fourth-order valence-electron chi connectivity index (χ4n) is 1.75. The van der Waals surface area contributed by atoms with E-state index in [-0.39, 0.29) is 29.9 Å². The summed E-state index contributed by atoms with van der Waals surface area (Å²) in [4.78, 5) is 27.8. The van der Waals surface area contributed by atoms with Crippen molar-refractivity contribution in [1.29, 1.82) is 0 Å². The fourth-order valence-corrected chi connectivity index (χ4v) is 2.59. The highest BCUT2D eigenvalue weighted by atomic mass is 32.2. The number of amides is 2. The number of carbonyl (C=O) groups is 2. The van der Waals surface area contributed by atoms with E-state index in [4.69, 9.17) is 0 Å². The molecular formula is C15H21FN2O2S. The molecule has 21 heavy (non-hydrogen) atoms. The second kappa shape index (κ2) is 8.67. The first kappa shape index (κ1) is 17.5. The van der Waals surface area contributed by atoms with Gasteiger partial charge in [0.05, 0.1) is 12.3 Å². The molecule has 0 aliphatic rings. The molecule has 2 amide bonds. The van der Waals surface area contributed by atoms with Gasteiger partial charge in [-0.15, -0.1) is 11.8 Å². The highest BCUT2D eigenvalue weighted by Gasteiger charge is 2.16. The van der Waals surface area contributed by atoms with Crippen molar-refractivity contribution in [2.45, 2.75) is 18.7 Å². The molecule has 0 heterocycles. The molecule has 0 bridgehead atoms. The molecule has 0 aliphatic carbocycles. The van der Waals surface area contributed by atoms with Crippen LogP contribution >= 0.6 is 11.8 Å². The van der Waals surface area contributed by atoms with Crippen molar-refractivity contribution < 1.29 is 14.0 Å². The number of halogens is 1. The van der Waals surface area contributed by atoms with Crippen LogP contribution in [-0.2, 0) is 9.59 Å². The minimum atomic E-state index is -0.299. The Balaban J connectivity index is 2.44. The van der Waals surface area contributed by atoms with Gasteiger partial charge in [-0.1, -0.05) is 0 Å². The third-order valence-electron chi connectivity index (χ3n) is 3.09. The maximum Gasteiger partial charge on any atom is 0.242 e. The van der Waals surface area contributed by atoms with Crippen molar-refractivity contribution in [2.24, 2.45) is 0 Å². The summed E-state index contributed by atoms with van der Waals surface area (Å²) >= 11 is 1.33. The lowest BCUT2D eigenvalue weighted by atomic mass is 10.4. The van der Waals surface area contributed by atoms with Gasteiger partial charge in [-0.05, 0) is 38.1 Å². The van der Waals surface area contributed by atoms with Crippen LogP contribution in [0.25, 0.3) is 0 Å². The van der Waals surface area contributed by atoms with Crippen LogP contribution in [0.4, 0.5) is 4.39 Å². The summed E-state index contributed by atoms with van der Waals surface area (Å²) < 4.78 is 12.8. The van der Waals surface area contributed by atoms with Crippen LogP contribution in [0.3, 0.4) is 0 Å². The maximum atomic E-state index is 12.8. The monoisotopic (exact) mass is 312 g/mol. The number of benzene rings is 1. The smallest absolute Gasteiger partial charge is 0.242 e. The van der Waals surface area contributed by atoms with E-state index >= 15 is 0 Å². The lowest BCUT2D eigenvalue weighted by Crippen LogP contribution is -2.41. The molecule has 0 saturated carbocycles. The zero-order chi connectivity index (χ0) is 15.8. The van der Waals surface area contributed by atoms with Gasteiger partial charge in [0.2, 0.25) is 11.8 Å².